The number of hydrogen-bond donors (Lipinski definition) is 0. The minimum absolute atomic E-state index is 0.0222. The Morgan fingerprint density at radius 3 is 2.30 bits per heavy atom. The zero-order valence-electron chi connectivity index (χ0n) is 10.3. The second kappa shape index (κ2) is 6.15. The zero-order chi connectivity index (χ0) is 15.6. The first kappa shape index (κ1) is 16.3. The third kappa shape index (κ3) is 2.88. The van der Waals surface area contributed by atoms with Crippen LogP contribution in [0.2, 0.25) is 10.0 Å². The number of ether oxygens (including phenoxy) is 1. The molecule has 1 aromatic carbocycles. The van der Waals surface area contributed by atoms with Gasteiger partial charge in [0.25, 0.3) is 0 Å². The highest BCUT2D eigenvalue weighted by Gasteiger charge is 2.33. The molecule has 0 aliphatic heterocycles. The van der Waals surface area contributed by atoms with Gasteiger partial charge in [-0.05, 0) is 6.42 Å². The number of benzene rings is 1. The fourth-order valence-electron chi connectivity index (χ4n) is 1.58. The lowest BCUT2D eigenvalue weighted by molar-refractivity contribution is -0.384. The smallest absolute Gasteiger partial charge is 0.347 e. The first-order valence-electron chi connectivity index (χ1n) is 5.28. The molecule has 0 heterocycles. The van der Waals surface area contributed by atoms with Crippen molar-refractivity contribution in [2.45, 2.75) is 20.3 Å². The van der Waals surface area contributed by atoms with E-state index in [1.54, 1.807) is 0 Å². The van der Waals surface area contributed by atoms with Gasteiger partial charge in [0.05, 0.1) is 10.5 Å². The number of nitrogens with zero attached hydrogens (tertiary/aromatic N) is 1. The van der Waals surface area contributed by atoms with E-state index in [0.717, 1.165) is 6.92 Å². The molecule has 108 valence electrons. The van der Waals surface area contributed by atoms with Gasteiger partial charge in [0.2, 0.25) is 0 Å². The van der Waals surface area contributed by atoms with Crippen LogP contribution in [0.25, 0.3) is 0 Å². The highest BCUT2D eigenvalue weighted by atomic mass is 35.5. The van der Waals surface area contributed by atoms with Gasteiger partial charge in [-0.15, -0.1) is 0 Å². The van der Waals surface area contributed by atoms with Crippen molar-refractivity contribution in [3.63, 3.8) is 0 Å². The van der Waals surface area contributed by atoms with Crippen LogP contribution in [-0.4, -0.2) is 16.9 Å². The molecule has 0 spiro atoms. The van der Waals surface area contributed by atoms with E-state index in [-0.39, 0.29) is 12.0 Å². The van der Waals surface area contributed by atoms with Gasteiger partial charge < -0.3 is 4.74 Å². The molecule has 0 atom stereocenters. The van der Waals surface area contributed by atoms with Gasteiger partial charge >= 0.3 is 17.6 Å². The first-order chi connectivity index (χ1) is 9.22. The standard InChI is InChI=1S/C11H8Cl2FNO5/c1-3-5-6(11(17)20-4(2)16)7(12)10(15(18)19)8(13)9(5)14/h3H2,1-2H3. The third-order valence-corrected chi connectivity index (χ3v) is 3.08. The van der Waals surface area contributed by atoms with Crippen LogP contribution in [-0.2, 0) is 16.0 Å². The maximum atomic E-state index is 14.0. The average molecular weight is 324 g/mol. The Labute approximate surface area is 122 Å². The normalized spacial score (nSPS) is 10.2. The summed E-state index contributed by atoms with van der Waals surface area (Å²) in [6.07, 6.45) is -0.0222. The summed E-state index contributed by atoms with van der Waals surface area (Å²) in [4.78, 5) is 32.3. The number of hydrogen-bond acceptors (Lipinski definition) is 5. The van der Waals surface area contributed by atoms with Crippen LogP contribution in [0.15, 0.2) is 0 Å². The van der Waals surface area contributed by atoms with E-state index in [4.69, 9.17) is 23.2 Å². The summed E-state index contributed by atoms with van der Waals surface area (Å²) < 4.78 is 18.3. The van der Waals surface area contributed by atoms with E-state index in [1.807, 2.05) is 0 Å². The molecule has 0 N–H and O–H groups in total. The van der Waals surface area contributed by atoms with Crippen LogP contribution in [0.3, 0.4) is 0 Å². The number of nitro benzene ring substituents is 1. The molecular formula is C11H8Cl2FNO5. The maximum Gasteiger partial charge on any atom is 0.347 e. The molecule has 0 amide bonds. The van der Waals surface area contributed by atoms with E-state index < -0.39 is 44.0 Å². The molecule has 1 rings (SSSR count). The predicted octanol–water partition coefficient (Wildman–Crippen LogP) is 3.31. The summed E-state index contributed by atoms with van der Waals surface area (Å²) in [5.41, 5.74) is -1.77. The fourth-order valence-corrected chi connectivity index (χ4v) is 2.26. The minimum Gasteiger partial charge on any atom is -0.390 e. The Morgan fingerprint density at radius 2 is 1.90 bits per heavy atom. The Hall–Kier alpha value is -1.73. The quantitative estimate of drug-likeness (QED) is 0.280. The molecule has 0 aliphatic rings. The molecule has 20 heavy (non-hydrogen) atoms. The molecule has 0 aromatic heterocycles. The van der Waals surface area contributed by atoms with Crippen molar-refractivity contribution >= 4 is 40.8 Å². The molecule has 0 bridgehead atoms. The lowest BCUT2D eigenvalue weighted by Gasteiger charge is -2.11. The van der Waals surface area contributed by atoms with Crippen molar-refractivity contribution in [1.82, 2.24) is 0 Å². The van der Waals surface area contributed by atoms with Crippen molar-refractivity contribution < 1.29 is 23.6 Å². The highest BCUT2D eigenvalue weighted by molar-refractivity contribution is 6.40. The van der Waals surface area contributed by atoms with Gasteiger partial charge in [-0.1, -0.05) is 30.1 Å². The Morgan fingerprint density at radius 1 is 1.35 bits per heavy atom. The van der Waals surface area contributed by atoms with E-state index in [1.165, 1.54) is 6.92 Å². The Bertz CT molecular complexity index is 618. The van der Waals surface area contributed by atoms with Crippen molar-refractivity contribution in [2.24, 2.45) is 0 Å². The second-order valence-electron chi connectivity index (χ2n) is 3.64. The van der Waals surface area contributed by atoms with Crippen LogP contribution in [0.4, 0.5) is 10.1 Å². The molecule has 0 aliphatic carbocycles. The fraction of sp³-hybridized carbons (Fsp3) is 0.273. The number of esters is 2. The van der Waals surface area contributed by atoms with Crippen LogP contribution in [0.5, 0.6) is 0 Å². The minimum atomic E-state index is -1.27. The molecule has 0 saturated carbocycles. The van der Waals surface area contributed by atoms with E-state index in [2.05, 4.69) is 4.74 Å². The summed E-state index contributed by atoms with van der Waals surface area (Å²) in [5, 5.41) is 9.38. The number of rotatable bonds is 3. The molecule has 9 heteroatoms. The Balaban J connectivity index is 3.68. The summed E-state index contributed by atoms with van der Waals surface area (Å²) in [6.45, 7) is 2.44. The van der Waals surface area contributed by atoms with E-state index >= 15 is 0 Å². The van der Waals surface area contributed by atoms with Gasteiger partial charge in [0, 0.05) is 12.5 Å². The van der Waals surface area contributed by atoms with Gasteiger partial charge in [0.1, 0.15) is 5.02 Å². The Kier molecular flexibility index (Phi) is 5.02. The largest absolute Gasteiger partial charge is 0.390 e. The highest BCUT2D eigenvalue weighted by Crippen LogP contribution is 2.40. The summed E-state index contributed by atoms with van der Waals surface area (Å²) in [6, 6.07) is 0. The van der Waals surface area contributed by atoms with Crippen LogP contribution in [0.1, 0.15) is 29.8 Å². The van der Waals surface area contributed by atoms with Crippen molar-refractivity contribution in [2.75, 3.05) is 0 Å². The topological polar surface area (TPSA) is 86.5 Å². The number of halogens is 3. The first-order valence-corrected chi connectivity index (χ1v) is 6.04. The van der Waals surface area contributed by atoms with Crippen molar-refractivity contribution in [3.8, 4) is 0 Å². The molecule has 0 fully saturated rings. The summed E-state index contributed by atoms with van der Waals surface area (Å²) in [5.74, 6) is -3.36. The van der Waals surface area contributed by atoms with E-state index in [0.29, 0.717) is 0 Å². The van der Waals surface area contributed by atoms with Crippen molar-refractivity contribution in [1.29, 1.82) is 0 Å². The van der Waals surface area contributed by atoms with Gasteiger partial charge in [-0.2, -0.15) is 0 Å². The number of nitro groups is 1. The maximum absolute atomic E-state index is 14.0. The van der Waals surface area contributed by atoms with E-state index in [9.17, 15) is 24.1 Å². The average Bonchev–Trinajstić information content (AvgIpc) is 2.31. The van der Waals surface area contributed by atoms with Crippen molar-refractivity contribution in [3.05, 3.63) is 37.1 Å². The van der Waals surface area contributed by atoms with Gasteiger partial charge in [-0.25, -0.2) is 9.18 Å². The SMILES string of the molecule is CCc1c(F)c(Cl)c([N+](=O)[O-])c(Cl)c1C(=O)OC(C)=O. The summed E-state index contributed by atoms with van der Waals surface area (Å²) in [7, 11) is 0. The van der Waals surface area contributed by atoms with Gasteiger partial charge in [0.15, 0.2) is 10.8 Å². The third-order valence-electron chi connectivity index (χ3n) is 2.37. The monoisotopic (exact) mass is 323 g/mol. The molecular weight excluding hydrogens is 316 g/mol. The predicted molar refractivity (Wildman–Crippen MR) is 68.5 cm³/mol. The molecule has 0 radical (unpaired) electrons. The lowest BCUT2D eigenvalue weighted by Crippen LogP contribution is -2.15. The number of carbonyl (C=O) groups is 2. The summed E-state index contributed by atoms with van der Waals surface area (Å²) >= 11 is 11.3. The van der Waals surface area contributed by atoms with Crippen LogP contribution < -0.4 is 0 Å². The molecule has 1 aromatic rings. The molecule has 0 saturated heterocycles. The number of carbonyl (C=O) groups excluding carboxylic acids is 2. The van der Waals surface area contributed by atoms with Gasteiger partial charge in [-0.3, -0.25) is 14.9 Å². The van der Waals surface area contributed by atoms with Crippen LogP contribution >= 0.6 is 23.2 Å². The van der Waals surface area contributed by atoms with Crippen LogP contribution in [0, 0.1) is 15.9 Å². The molecule has 0 unspecified atom stereocenters. The zero-order valence-corrected chi connectivity index (χ0v) is 11.8. The lowest BCUT2D eigenvalue weighted by atomic mass is 10.0. The molecule has 6 nitrogen and oxygen atoms in total. The second-order valence-corrected chi connectivity index (χ2v) is 4.39.